The number of hydrogen-bond acceptors (Lipinski definition) is 5. The Hall–Kier alpha value is -1.01. The molecule has 0 atom stereocenters. The molecule has 0 saturated heterocycles. The van der Waals surface area contributed by atoms with Gasteiger partial charge in [-0.2, -0.15) is 0 Å². The second-order valence-electron chi connectivity index (χ2n) is 5.26. The van der Waals surface area contributed by atoms with Crippen LogP contribution in [0.2, 0.25) is 0 Å². The molecule has 1 aliphatic rings. The molecule has 5 nitrogen and oxygen atoms in total. The monoisotopic (exact) mass is 269 g/mol. The molecule has 2 rings (SSSR count). The Morgan fingerprint density at radius 3 is 2.67 bits per heavy atom. The topological polar surface area (TPSA) is 75.1 Å². The molecule has 0 radical (unpaired) electrons. The quantitative estimate of drug-likeness (QED) is 0.879. The fourth-order valence-electron chi connectivity index (χ4n) is 2.19. The van der Waals surface area contributed by atoms with E-state index < -0.39 is 5.60 Å². The number of carbonyl (C=O) groups is 1. The van der Waals surface area contributed by atoms with Crippen LogP contribution in [0.4, 0.5) is 5.13 Å². The van der Waals surface area contributed by atoms with E-state index in [9.17, 15) is 9.90 Å². The fraction of sp³-hybridized carbons (Fsp3) is 0.750. The number of hydrogen-bond donors (Lipinski definition) is 2. The number of nitrogens with one attached hydrogen (secondary N) is 1. The zero-order valence-electron chi connectivity index (χ0n) is 10.8. The second-order valence-corrected chi connectivity index (χ2v) is 6.27. The highest BCUT2D eigenvalue weighted by molar-refractivity contribution is 7.15. The van der Waals surface area contributed by atoms with E-state index >= 15 is 0 Å². The third kappa shape index (κ3) is 3.26. The van der Waals surface area contributed by atoms with Gasteiger partial charge in [-0.05, 0) is 12.8 Å². The van der Waals surface area contributed by atoms with Crippen LogP contribution in [-0.2, 0) is 4.79 Å². The molecule has 1 heterocycles. The number of anilines is 1. The minimum absolute atomic E-state index is 0.156. The maximum Gasteiger partial charge on any atom is 0.229 e. The van der Waals surface area contributed by atoms with Gasteiger partial charge in [-0.3, -0.25) is 4.79 Å². The van der Waals surface area contributed by atoms with Crippen molar-refractivity contribution in [3.05, 3.63) is 5.01 Å². The average molecular weight is 269 g/mol. The zero-order chi connectivity index (χ0) is 13.2. The summed E-state index contributed by atoms with van der Waals surface area (Å²) < 4.78 is 0. The van der Waals surface area contributed by atoms with E-state index in [1.165, 1.54) is 11.3 Å². The standard InChI is InChI=1S/C12H19N3O2S/c1-8(2)10-14-15-11(18-10)13-9(16)7-12(17)5-3-4-6-12/h8,17H,3-7H2,1-2H3,(H,13,15,16). The van der Waals surface area contributed by atoms with Gasteiger partial charge >= 0.3 is 0 Å². The van der Waals surface area contributed by atoms with Crippen LogP contribution in [0.3, 0.4) is 0 Å². The lowest BCUT2D eigenvalue weighted by Crippen LogP contribution is -2.30. The van der Waals surface area contributed by atoms with Crippen molar-refractivity contribution in [2.45, 2.75) is 57.5 Å². The second kappa shape index (κ2) is 5.32. The van der Waals surface area contributed by atoms with Crippen molar-refractivity contribution in [3.8, 4) is 0 Å². The van der Waals surface area contributed by atoms with Crippen LogP contribution in [0.1, 0.15) is 56.9 Å². The summed E-state index contributed by atoms with van der Waals surface area (Å²) in [4.78, 5) is 11.8. The molecule has 1 aromatic rings. The Labute approximate surface area is 111 Å². The summed E-state index contributed by atoms with van der Waals surface area (Å²) in [7, 11) is 0. The first kappa shape index (κ1) is 13.4. The summed E-state index contributed by atoms with van der Waals surface area (Å²) >= 11 is 1.39. The Bertz CT molecular complexity index is 425. The summed E-state index contributed by atoms with van der Waals surface area (Å²) in [5.74, 6) is 0.137. The molecule has 18 heavy (non-hydrogen) atoms. The first-order valence-corrected chi connectivity index (χ1v) is 7.16. The lowest BCUT2D eigenvalue weighted by molar-refractivity contribution is -0.120. The summed E-state index contributed by atoms with van der Waals surface area (Å²) in [5.41, 5.74) is -0.810. The number of aromatic nitrogens is 2. The molecule has 1 saturated carbocycles. The van der Waals surface area contributed by atoms with E-state index in [1.807, 2.05) is 13.8 Å². The van der Waals surface area contributed by atoms with Crippen molar-refractivity contribution >= 4 is 22.4 Å². The lowest BCUT2D eigenvalue weighted by Gasteiger charge is -2.20. The van der Waals surface area contributed by atoms with E-state index in [4.69, 9.17) is 0 Å². The van der Waals surface area contributed by atoms with E-state index in [-0.39, 0.29) is 12.3 Å². The molecule has 2 N–H and O–H groups in total. The number of aliphatic hydroxyl groups is 1. The number of amides is 1. The molecular weight excluding hydrogens is 250 g/mol. The normalized spacial score (nSPS) is 18.2. The van der Waals surface area contributed by atoms with E-state index in [1.54, 1.807) is 0 Å². The Morgan fingerprint density at radius 2 is 2.11 bits per heavy atom. The average Bonchev–Trinajstić information content (AvgIpc) is 2.87. The summed E-state index contributed by atoms with van der Waals surface area (Å²) in [6, 6.07) is 0. The molecule has 0 unspecified atom stereocenters. The van der Waals surface area contributed by atoms with Crippen molar-refractivity contribution in [2.24, 2.45) is 0 Å². The fourth-order valence-corrected chi connectivity index (χ4v) is 2.95. The van der Waals surface area contributed by atoms with Crippen LogP contribution in [0.5, 0.6) is 0 Å². The molecule has 100 valence electrons. The van der Waals surface area contributed by atoms with Gasteiger partial charge in [0, 0.05) is 5.92 Å². The molecule has 1 amide bonds. The Balaban J connectivity index is 1.90. The third-order valence-corrected chi connectivity index (χ3v) is 4.34. The van der Waals surface area contributed by atoms with Gasteiger partial charge in [-0.15, -0.1) is 10.2 Å². The summed E-state index contributed by atoms with van der Waals surface area (Å²) in [6.45, 7) is 4.07. The highest BCUT2D eigenvalue weighted by atomic mass is 32.1. The van der Waals surface area contributed by atoms with E-state index in [2.05, 4.69) is 15.5 Å². The van der Waals surface area contributed by atoms with Crippen LogP contribution in [0.25, 0.3) is 0 Å². The van der Waals surface area contributed by atoms with Crippen LogP contribution in [0, 0.1) is 0 Å². The van der Waals surface area contributed by atoms with Gasteiger partial charge in [-0.25, -0.2) is 0 Å². The molecular formula is C12H19N3O2S. The van der Waals surface area contributed by atoms with Gasteiger partial charge < -0.3 is 10.4 Å². The van der Waals surface area contributed by atoms with E-state index in [0.29, 0.717) is 23.9 Å². The maximum absolute atomic E-state index is 11.8. The molecule has 1 fully saturated rings. The van der Waals surface area contributed by atoms with Crippen molar-refractivity contribution in [3.63, 3.8) is 0 Å². The minimum Gasteiger partial charge on any atom is -0.389 e. The predicted molar refractivity (Wildman–Crippen MR) is 70.7 cm³/mol. The highest BCUT2D eigenvalue weighted by Crippen LogP contribution is 2.32. The maximum atomic E-state index is 11.8. The van der Waals surface area contributed by atoms with Crippen LogP contribution >= 0.6 is 11.3 Å². The van der Waals surface area contributed by atoms with Crippen molar-refractivity contribution in [1.82, 2.24) is 10.2 Å². The largest absolute Gasteiger partial charge is 0.389 e. The van der Waals surface area contributed by atoms with Crippen molar-refractivity contribution in [2.75, 3.05) is 5.32 Å². The van der Waals surface area contributed by atoms with Gasteiger partial charge in [0.1, 0.15) is 5.01 Å². The molecule has 0 bridgehead atoms. The SMILES string of the molecule is CC(C)c1nnc(NC(=O)CC2(O)CCCC2)s1. The zero-order valence-corrected chi connectivity index (χ0v) is 11.6. The first-order valence-electron chi connectivity index (χ1n) is 6.34. The highest BCUT2D eigenvalue weighted by Gasteiger charge is 2.33. The molecule has 1 aromatic heterocycles. The smallest absolute Gasteiger partial charge is 0.229 e. The van der Waals surface area contributed by atoms with Crippen molar-refractivity contribution in [1.29, 1.82) is 0 Å². The molecule has 6 heteroatoms. The van der Waals surface area contributed by atoms with Gasteiger partial charge in [-0.1, -0.05) is 38.0 Å². The number of nitrogens with zero attached hydrogens (tertiary/aromatic N) is 2. The molecule has 0 aliphatic heterocycles. The summed E-state index contributed by atoms with van der Waals surface area (Å²) in [5, 5.41) is 22.2. The minimum atomic E-state index is -0.810. The number of rotatable bonds is 4. The summed E-state index contributed by atoms with van der Waals surface area (Å²) in [6.07, 6.45) is 3.59. The molecule has 0 spiro atoms. The molecule has 0 aromatic carbocycles. The Morgan fingerprint density at radius 1 is 1.44 bits per heavy atom. The van der Waals surface area contributed by atoms with Crippen LogP contribution in [-0.4, -0.2) is 26.8 Å². The molecule has 1 aliphatic carbocycles. The van der Waals surface area contributed by atoms with Crippen LogP contribution in [0.15, 0.2) is 0 Å². The lowest BCUT2D eigenvalue weighted by atomic mass is 9.98. The van der Waals surface area contributed by atoms with E-state index in [0.717, 1.165) is 17.8 Å². The van der Waals surface area contributed by atoms with Crippen molar-refractivity contribution < 1.29 is 9.90 Å². The van der Waals surface area contributed by atoms with Gasteiger partial charge in [0.05, 0.1) is 12.0 Å². The first-order chi connectivity index (χ1) is 8.48. The van der Waals surface area contributed by atoms with Gasteiger partial charge in [0.25, 0.3) is 0 Å². The van der Waals surface area contributed by atoms with Gasteiger partial charge in [0.15, 0.2) is 0 Å². The predicted octanol–water partition coefficient (Wildman–Crippen LogP) is 2.30. The van der Waals surface area contributed by atoms with Gasteiger partial charge in [0.2, 0.25) is 11.0 Å². The Kier molecular flexibility index (Phi) is 3.97. The number of carbonyl (C=O) groups excluding carboxylic acids is 1. The third-order valence-electron chi connectivity index (χ3n) is 3.20. The van der Waals surface area contributed by atoms with Crippen LogP contribution < -0.4 is 5.32 Å².